The van der Waals surface area contributed by atoms with E-state index in [1.165, 1.54) is 4.31 Å². The summed E-state index contributed by atoms with van der Waals surface area (Å²) in [6, 6.07) is 2.11. The van der Waals surface area contributed by atoms with Gasteiger partial charge in [0.1, 0.15) is 0 Å². The Morgan fingerprint density at radius 1 is 1.53 bits per heavy atom. The first-order chi connectivity index (χ1) is 7.85. The Bertz CT molecular complexity index is 438. The van der Waals surface area contributed by atoms with E-state index < -0.39 is 15.6 Å². The van der Waals surface area contributed by atoms with Gasteiger partial charge >= 0.3 is 0 Å². The summed E-state index contributed by atoms with van der Waals surface area (Å²) in [7, 11) is -3.13. The van der Waals surface area contributed by atoms with E-state index in [0.29, 0.717) is 19.5 Å². The predicted molar refractivity (Wildman–Crippen MR) is 66.6 cm³/mol. The number of sulfonamides is 1. The molecule has 0 aromatic rings. The average molecular weight is 257 g/mol. The van der Waals surface area contributed by atoms with Crippen molar-refractivity contribution in [3.05, 3.63) is 11.8 Å². The summed E-state index contributed by atoms with van der Waals surface area (Å²) in [5.74, 6) is 0.109. The van der Waals surface area contributed by atoms with Crippen LogP contribution >= 0.6 is 0 Å². The molecular formula is C11H19N3O2S. The van der Waals surface area contributed by atoms with Crippen LogP contribution in [0.25, 0.3) is 0 Å². The molecule has 0 radical (unpaired) electrons. The summed E-state index contributed by atoms with van der Waals surface area (Å²) in [6.07, 6.45) is 2.15. The normalized spacial score (nSPS) is 18.9. The van der Waals surface area contributed by atoms with Crippen molar-refractivity contribution < 1.29 is 8.42 Å². The van der Waals surface area contributed by atoms with E-state index in [-0.39, 0.29) is 5.75 Å². The molecule has 0 aromatic heterocycles. The first-order valence-corrected chi connectivity index (χ1v) is 7.22. The minimum absolute atomic E-state index is 0.109. The SMILES string of the molecule is CCS(=O)(=O)N1CC(CC#N)(NC=C(C)C)C1. The molecule has 0 bridgehead atoms. The van der Waals surface area contributed by atoms with E-state index in [9.17, 15) is 8.42 Å². The minimum atomic E-state index is -3.13. The van der Waals surface area contributed by atoms with E-state index in [0.717, 1.165) is 5.57 Å². The van der Waals surface area contributed by atoms with Crippen molar-refractivity contribution in [1.82, 2.24) is 9.62 Å². The lowest BCUT2D eigenvalue weighted by Crippen LogP contribution is -2.69. The molecule has 1 saturated heterocycles. The monoisotopic (exact) mass is 257 g/mol. The molecule has 0 aliphatic carbocycles. The van der Waals surface area contributed by atoms with Crippen LogP contribution < -0.4 is 5.32 Å². The van der Waals surface area contributed by atoms with Gasteiger partial charge in [0.05, 0.1) is 23.8 Å². The lowest BCUT2D eigenvalue weighted by atomic mass is 9.89. The Morgan fingerprint density at radius 3 is 2.53 bits per heavy atom. The van der Waals surface area contributed by atoms with Crippen molar-refractivity contribution in [2.45, 2.75) is 32.7 Å². The first-order valence-electron chi connectivity index (χ1n) is 5.61. The zero-order valence-corrected chi connectivity index (χ0v) is 11.3. The fourth-order valence-electron chi connectivity index (χ4n) is 1.71. The van der Waals surface area contributed by atoms with Gasteiger partial charge in [-0.15, -0.1) is 0 Å². The molecule has 1 heterocycles. The molecule has 96 valence electrons. The zero-order valence-electron chi connectivity index (χ0n) is 10.5. The third kappa shape index (κ3) is 3.20. The standard InChI is InChI=1S/C11H19N3O2S/c1-4-17(15,16)14-8-11(9-14,5-6-12)13-7-10(2)3/h7,13H,4-5,8-9H2,1-3H3. The number of nitriles is 1. The lowest BCUT2D eigenvalue weighted by molar-refractivity contribution is 0.134. The number of nitrogens with one attached hydrogen (secondary N) is 1. The topological polar surface area (TPSA) is 73.2 Å². The molecule has 1 N–H and O–H groups in total. The molecule has 0 aromatic carbocycles. The van der Waals surface area contributed by atoms with Gasteiger partial charge in [-0.2, -0.15) is 9.57 Å². The first kappa shape index (κ1) is 14.0. The second-order valence-electron chi connectivity index (χ2n) is 4.65. The maximum Gasteiger partial charge on any atom is 0.213 e. The Hall–Kier alpha value is -1.06. The van der Waals surface area contributed by atoms with E-state index in [1.807, 2.05) is 20.0 Å². The average Bonchev–Trinajstić information content (AvgIpc) is 2.20. The van der Waals surface area contributed by atoms with Crippen LogP contribution in [-0.2, 0) is 10.0 Å². The van der Waals surface area contributed by atoms with Crippen LogP contribution in [0.1, 0.15) is 27.2 Å². The highest BCUT2D eigenvalue weighted by molar-refractivity contribution is 7.89. The highest BCUT2D eigenvalue weighted by atomic mass is 32.2. The van der Waals surface area contributed by atoms with Crippen molar-refractivity contribution >= 4 is 10.0 Å². The zero-order chi connectivity index (χ0) is 13.1. The summed E-state index contributed by atoms with van der Waals surface area (Å²) in [6.45, 7) is 6.28. The highest BCUT2D eigenvalue weighted by Crippen LogP contribution is 2.27. The largest absolute Gasteiger partial charge is 0.382 e. The summed E-state index contributed by atoms with van der Waals surface area (Å²) >= 11 is 0. The van der Waals surface area contributed by atoms with E-state index >= 15 is 0 Å². The molecule has 0 saturated carbocycles. The third-order valence-electron chi connectivity index (χ3n) is 2.80. The maximum absolute atomic E-state index is 11.6. The minimum Gasteiger partial charge on any atom is -0.382 e. The molecule has 1 fully saturated rings. The second-order valence-corrected chi connectivity index (χ2v) is 6.91. The molecular weight excluding hydrogens is 238 g/mol. The fourth-order valence-corrected chi connectivity index (χ4v) is 2.96. The van der Waals surface area contributed by atoms with E-state index in [4.69, 9.17) is 5.26 Å². The summed E-state index contributed by atoms with van der Waals surface area (Å²) in [4.78, 5) is 0. The predicted octanol–water partition coefficient (Wildman–Crippen LogP) is 0.817. The van der Waals surface area contributed by atoms with E-state index in [1.54, 1.807) is 6.92 Å². The van der Waals surface area contributed by atoms with Crippen molar-refractivity contribution in [2.75, 3.05) is 18.8 Å². The Morgan fingerprint density at radius 2 is 2.12 bits per heavy atom. The summed E-state index contributed by atoms with van der Waals surface area (Å²) in [5.41, 5.74) is 0.688. The molecule has 0 atom stereocenters. The molecule has 0 unspecified atom stereocenters. The van der Waals surface area contributed by atoms with Crippen LogP contribution in [0.15, 0.2) is 11.8 Å². The molecule has 1 rings (SSSR count). The van der Waals surface area contributed by atoms with Crippen LogP contribution in [0.3, 0.4) is 0 Å². The van der Waals surface area contributed by atoms with Crippen LogP contribution in [0, 0.1) is 11.3 Å². The Labute approximate surface area is 103 Å². The van der Waals surface area contributed by atoms with Crippen molar-refractivity contribution in [2.24, 2.45) is 0 Å². The second kappa shape index (κ2) is 5.07. The van der Waals surface area contributed by atoms with Crippen LogP contribution in [0.2, 0.25) is 0 Å². The molecule has 0 amide bonds. The van der Waals surface area contributed by atoms with Crippen LogP contribution in [0.5, 0.6) is 0 Å². The van der Waals surface area contributed by atoms with Gasteiger partial charge in [-0.05, 0) is 27.0 Å². The van der Waals surface area contributed by atoms with Gasteiger partial charge in [0, 0.05) is 13.1 Å². The summed E-state index contributed by atoms with van der Waals surface area (Å²) < 4.78 is 24.6. The third-order valence-corrected chi connectivity index (χ3v) is 4.58. The molecule has 1 aliphatic heterocycles. The van der Waals surface area contributed by atoms with Crippen molar-refractivity contribution in [1.29, 1.82) is 5.26 Å². The summed E-state index contributed by atoms with van der Waals surface area (Å²) in [5, 5.41) is 12.0. The fraction of sp³-hybridized carbons (Fsp3) is 0.727. The van der Waals surface area contributed by atoms with Gasteiger partial charge in [-0.1, -0.05) is 5.57 Å². The van der Waals surface area contributed by atoms with Gasteiger partial charge in [-0.3, -0.25) is 0 Å². The lowest BCUT2D eigenvalue weighted by Gasteiger charge is -2.48. The molecule has 6 heteroatoms. The Kier molecular flexibility index (Phi) is 4.17. The van der Waals surface area contributed by atoms with Crippen molar-refractivity contribution in [3.8, 4) is 6.07 Å². The molecule has 0 spiro atoms. The quantitative estimate of drug-likeness (QED) is 0.791. The number of allylic oxidation sites excluding steroid dienone is 1. The highest BCUT2D eigenvalue weighted by Gasteiger charge is 2.46. The smallest absolute Gasteiger partial charge is 0.213 e. The molecule has 1 aliphatic rings. The van der Waals surface area contributed by atoms with Crippen molar-refractivity contribution in [3.63, 3.8) is 0 Å². The number of hydrogen-bond donors (Lipinski definition) is 1. The van der Waals surface area contributed by atoms with E-state index in [2.05, 4.69) is 11.4 Å². The van der Waals surface area contributed by atoms with Gasteiger partial charge in [-0.25, -0.2) is 8.42 Å². The number of rotatable bonds is 5. The van der Waals surface area contributed by atoms with Gasteiger partial charge in [0.2, 0.25) is 10.0 Å². The number of hydrogen-bond acceptors (Lipinski definition) is 4. The van der Waals surface area contributed by atoms with Gasteiger partial charge < -0.3 is 5.32 Å². The molecule has 5 nitrogen and oxygen atoms in total. The van der Waals surface area contributed by atoms with Crippen LogP contribution in [0.4, 0.5) is 0 Å². The Balaban J connectivity index is 2.70. The molecule has 17 heavy (non-hydrogen) atoms. The van der Waals surface area contributed by atoms with Gasteiger partial charge in [0.25, 0.3) is 0 Å². The number of nitrogens with zero attached hydrogens (tertiary/aromatic N) is 2. The van der Waals surface area contributed by atoms with Crippen LogP contribution in [-0.4, -0.2) is 37.1 Å². The van der Waals surface area contributed by atoms with Gasteiger partial charge in [0.15, 0.2) is 0 Å². The maximum atomic E-state index is 11.6.